The molecule has 0 saturated heterocycles. The summed E-state index contributed by atoms with van der Waals surface area (Å²) >= 11 is 0. The molecule has 0 unspecified atom stereocenters. The molecule has 9 heteroatoms. The van der Waals surface area contributed by atoms with Crippen molar-refractivity contribution in [3.8, 4) is 0 Å². The molecule has 8 nitrogen and oxygen atoms in total. The third kappa shape index (κ3) is 2.23. The first-order valence-corrected chi connectivity index (χ1v) is 6.17. The molecule has 0 amide bonds. The zero-order valence-corrected chi connectivity index (χ0v) is 9.98. The number of hydrogen-bond acceptors (Lipinski definition) is 6. The van der Waals surface area contributed by atoms with Crippen molar-refractivity contribution in [2.75, 3.05) is 4.72 Å². The van der Waals surface area contributed by atoms with Crippen LogP contribution in [0.1, 0.15) is 11.4 Å². The van der Waals surface area contributed by atoms with E-state index in [1.165, 1.54) is 12.4 Å². The van der Waals surface area contributed by atoms with Crippen LogP contribution in [0, 0.1) is 13.8 Å². The van der Waals surface area contributed by atoms with Crippen LogP contribution in [0.2, 0.25) is 0 Å². The molecule has 2 rings (SSSR count). The predicted octanol–water partition coefficient (Wildman–Crippen LogP) is 0.0123. The van der Waals surface area contributed by atoms with Crippen molar-refractivity contribution >= 4 is 16.0 Å². The van der Waals surface area contributed by atoms with Gasteiger partial charge in [0.1, 0.15) is 4.90 Å². The van der Waals surface area contributed by atoms with E-state index in [0.717, 1.165) is 0 Å². The van der Waals surface area contributed by atoms with Crippen LogP contribution in [0.15, 0.2) is 17.3 Å². The van der Waals surface area contributed by atoms with Crippen LogP contribution in [0.5, 0.6) is 0 Å². The van der Waals surface area contributed by atoms with Gasteiger partial charge in [0.2, 0.25) is 0 Å². The van der Waals surface area contributed by atoms with Crippen LogP contribution >= 0.6 is 0 Å². The topological polar surface area (TPSA) is 114 Å². The predicted molar refractivity (Wildman–Crippen MR) is 58.7 cm³/mol. The zero-order valence-electron chi connectivity index (χ0n) is 9.17. The van der Waals surface area contributed by atoms with Crippen molar-refractivity contribution < 1.29 is 8.42 Å². The molecule has 2 N–H and O–H groups in total. The Morgan fingerprint density at radius 3 is 2.59 bits per heavy atom. The molecule has 0 aromatic carbocycles. The van der Waals surface area contributed by atoms with E-state index in [0.29, 0.717) is 11.4 Å². The minimum absolute atomic E-state index is 0.0764. The average molecular weight is 254 g/mol. The first-order valence-electron chi connectivity index (χ1n) is 4.69. The van der Waals surface area contributed by atoms with Crippen molar-refractivity contribution in [1.29, 1.82) is 0 Å². The lowest BCUT2D eigenvalue weighted by Crippen LogP contribution is -2.16. The fourth-order valence-corrected chi connectivity index (χ4v) is 2.72. The summed E-state index contributed by atoms with van der Waals surface area (Å²) < 4.78 is 26.3. The Hall–Kier alpha value is -2.03. The number of hydrogen-bond donors (Lipinski definition) is 2. The molecular weight excluding hydrogens is 244 g/mol. The minimum atomic E-state index is -3.74. The highest BCUT2D eigenvalue weighted by Gasteiger charge is 2.23. The van der Waals surface area contributed by atoms with Crippen LogP contribution < -0.4 is 4.72 Å². The van der Waals surface area contributed by atoms with Gasteiger partial charge < -0.3 is 0 Å². The molecule has 0 aliphatic heterocycles. The van der Waals surface area contributed by atoms with Crippen molar-refractivity contribution in [3.05, 3.63) is 23.8 Å². The number of nitrogens with one attached hydrogen (secondary N) is 2. The number of aromatic amines is 1. The Morgan fingerprint density at radius 1 is 1.29 bits per heavy atom. The van der Waals surface area contributed by atoms with E-state index in [9.17, 15) is 8.42 Å². The Morgan fingerprint density at radius 2 is 2.06 bits per heavy atom. The molecule has 2 heterocycles. The van der Waals surface area contributed by atoms with E-state index in [1.54, 1.807) is 13.8 Å². The van der Waals surface area contributed by atoms with Gasteiger partial charge in [0.05, 0.1) is 23.8 Å². The summed E-state index contributed by atoms with van der Waals surface area (Å²) in [6, 6.07) is 0. The van der Waals surface area contributed by atoms with E-state index in [-0.39, 0.29) is 10.8 Å². The number of H-pyrrole nitrogens is 1. The van der Waals surface area contributed by atoms with E-state index < -0.39 is 10.0 Å². The second kappa shape index (κ2) is 4.09. The van der Waals surface area contributed by atoms with Gasteiger partial charge in [-0.1, -0.05) is 0 Å². The molecule has 0 radical (unpaired) electrons. The van der Waals surface area contributed by atoms with Crippen LogP contribution in [0.3, 0.4) is 0 Å². The maximum atomic E-state index is 12.0. The van der Waals surface area contributed by atoms with Crippen molar-refractivity contribution in [1.82, 2.24) is 25.4 Å². The highest BCUT2D eigenvalue weighted by molar-refractivity contribution is 7.92. The van der Waals surface area contributed by atoms with Gasteiger partial charge in [-0.25, -0.2) is 18.1 Å². The summed E-state index contributed by atoms with van der Waals surface area (Å²) in [7, 11) is -3.74. The van der Waals surface area contributed by atoms with Crippen molar-refractivity contribution in [3.63, 3.8) is 0 Å². The van der Waals surface area contributed by atoms with Gasteiger partial charge in [0.25, 0.3) is 16.0 Å². The van der Waals surface area contributed by atoms with E-state index >= 15 is 0 Å². The van der Waals surface area contributed by atoms with Crippen molar-refractivity contribution in [2.45, 2.75) is 18.7 Å². The van der Waals surface area contributed by atoms with Crippen molar-refractivity contribution in [2.24, 2.45) is 0 Å². The molecule has 0 saturated carbocycles. The molecule has 0 fully saturated rings. The van der Waals surface area contributed by atoms with Crippen LogP contribution in [0.4, 0.5) is 5.95 Å². The van der Waals surface area contributed by atoms with Gasteiger partial charge in [-0.05, 0) is 13.8 Å². The Kier molecular flexibility index (Phi) is 2.76. The van der Waals surface area contributed by atoms with Gasteiger partial charge in [-0.15, -0.1) is 5.10 Å². The Labute approximate surface area is 97.6 Å². The van der Waals surface area contributed by atoms with Crippen LogP contribution in [-0.4, -0.2) is 33.8 Å². The maximum absolute atomic E-state index is 12.0. The summed E-state index contributed by atoms with van der Waals surface area (Å²) in [5.41, 5.74) is 0.845. The number of anilines is 1. The molecule has 17 heavy (non-hydrogen) atoms. The number of aryl methyl sites for hydroxylation is 2. The molecule has 0 bridgehead atoms. The lowest BCUT2D eigenvalue weighted by atomic mass is 10.4. The summed E-state index contributed by atoms with van der Waals surface area (Å²) in [6.07, 6.45) is 2.70. The first-order chi connectivity index (χ1) is 8.00. The molecular formula is C8H10N6O2S. The third-order valence-electron chi connectivity index (χ3n) is 2.04. The van der Waals surface area contributed by atoms with Gasteiger partial charge in [-0.2, -0.15) is 10.2 Å². The average Bonchev–Trinajstić information content (AvgIpc) is 2.59. The molecule has 0 atom stereocenters. The Balaban J connectivity index is 2.39. The molecule has 0 aliphatic carbocycles. The molecule has 2 aromatic heterocycles. The lowest BCUT2D eigenvalue weighted by molar-refractivity contribution is 0.599. The highest BCUT2D eigenvalue weighted by Crippen LogP contribution is 2.18. The quantitative estimate of drug-likeness (QED) is 0.797. The van der Waals surface area contributed by atoms with E-state index in [1.807, 2.05) is 0 Å². The summed E-state index contributed by atoms with van der Waals surface area (Å²) in [4.78, 5) is 3.84. The first kappa shape index (κ1) is 11.5. The summed E-state index contributed by atoms with van der Waals surface area (Å²) in [5.74, 6) is -0.0764. The number of nitrogens with zero attached hydrogens (tertiary/aromatic N) is 4. The summed E-state index contributed by atoms with van der Waals surface area (Å²) in [5, 5.41) is 13.5. The third-order valence-corrected chi connectivity index (χ3v) is 3.63. The molecule has 2 aromatic rings. The standard InChI is InChI=1S/C8H10N6O2S/c1-5-7(6(2)12-11-5)17(15,16)14-8-9-3-4-10-13-8/h3-4H,1-2H3,(H,11,12)(H,9,13,14). The zero-order chi connectivity index (χ0) is 12.5. The molecule has 0 spiro atoms. The maximum Gasteiger partial charge on any atom is 0.267 e. The SMILES string of the molecule is Cc1n[nH]c(C)c1S(=O)(=O)Nc1nccnn1. The fraction of sp³-hybridized carbons (Fsp3) is 0.250. The number of sulfonamides is 1. The van der Waals surface area contributed by atoms with E-state index in [4.69, 9.17) is 0 Å². The highest BCUT2D eigenvalue weighted by atomic mass is 32.2. The van der Waals surface area contributed by atoms with Crippen LogP contribution in [0.25, 0.3) is 0 Å². The largest absolute Gasteiger partial charge is 0.281 e. The molecule has 0 aliphatic rings. The minimum Gasteiger partial charge on any atom is -0.281 e. The van der Waals surface area contributed by atoms with Gasteiger partial charge in [0, 0.05) is 0 Å². The molecule has 90 valence electrons. The van der Waals surface area contributed by atoms with Gasteiger partial charge >= 0.3 is 0 Å². The fourth-order valence-electron chi connectivity index (χ4n) is 1.40. The van der Waals surface area contributed by atoms with Crippen LogP contribution in [-0.2, 0) is 10.0 Å². The lowest BCUT2D eigenvalue weighted by Gasteiger charge is -2.05. The van der Waals surface area contributed by atoms with Gasteiger partial charge in [-0.3, -0.25) is 5.10 Å². The second-order valence-corrected chi connectivity index (χ2v) is 4.95. The van der Waals surface area contributed by atoms with Gasteiger partial charge in [0.15, 0.2) is 0 Å². The summed E-state index contributed by atoms with van der Waals surface area (Å²) in [6.45, 7) is 3.22. The number of rotatable bonds is 3. The Bertz CT molecular complexity index is 601. The second-order valence-electron chi connectivity index (χ2n) is 3.33. The van der Waals surface area contributed by atoms with E-state index in [2.05, 4.69) is 30.1 Å². The smallest absolute Gasteiger partial charge is 0.267 e. The monoisotopic (exact) mass is 254 g/mol. The number of aromatic nitrogens is 5. The normalized spacial score (nSPS) is 11.4.